The highest BCUT2D eigenvalue weighted by Gasteiger charge is 2.13. The van der Waals surface area contributed by atoms with Gasteiger partial charge < -0.3 is 5.32 Å². The van der Waals surface area contributed by atoms with Crippen molar-refractivity contribution in [3.05, 3.63) is 52.8 Å². The van der Waals surface area contributed by atoms with E-state index in [-0.39, 0.29) is 11.6 Å². The van der Waals surface area contributed by atoms with Crippen LogP contribution in [0.1, 0.15) is 16.2 Å². The number of fused-ring (bicyclic) bond motifs is 1. The molecule has 0 unspecified atom stereocenters. The van der Waals surface area contributed by atoms with Crippen LogP contribution in [-0.4, -0.2) is 20.7 Å². The zero-order chi connectivity index (χ0) is 15.0. The summed E-state index contributed by atoms with van der Waals surface area (Å²) in [6.45, 7) is 1.86. The number of anilines is 1. The molecule has 0 saturated carbocycles. The Morgan fingerprint density at radius 2 is 2.05 bits per heavy atom. The van der Waals surface area contributed by atoms with Crippen LogP contribution >= 0.6 is 11.6 Å². The highest BCUT2D eigenvalue weighted by atomic mass is 35.5. The van der Waals surface area contributed by atoms with Crippen LogP contribution in [0.3, 0.4) is 0 Å². The summed E-state index contributed by atoms with van der Waals surface area (Å²) in [6.07, 6.45) is 0. The summed E-state index contributed by atoms with van der Waals surface area (Å²) >= 11 is 6.21. The number of carbonyl (C=O) groups excluding carboxylic acids is 1. The van der Waals surface area contributed by atoms with Gasteiger partial charge in [-0.1, -0.05) is 29.8 Å². The predicted octanol–water partition coefficient (Wildman–Crippen LogP) is 3.18. The van der Waals surface area contributed by atoms with E-state index in [2.05, 4.69) is 15.4 Å². The lowest BCUT2D eigenvalue weighted by Crippen LogP contribution is -2.16. The van der Waals surface area contributed by atoms with Crippen molar-refractivity contribution in [2.75, 3.05) is 5.32 Å². The van der Waals surface area contributed by atoms with Gasteiger partial charge in [0.25, 0.3) is 5.91 Å². The van der Waals surface area contributed by atoms with E-state index >= 15 is 0 Å². The fourth-order valence-corrected chi connectivity index (χ4v) is 2.42. The van der Waals surface area contributed by atoms with Crippen molar-refractivity contribution in [1.82, 2.24) is 14.8 Å². The normalized spacial score (nSPS) is 10.8. The Hall–Kier alpha value is -2.40. The monoisotopic (exact) mass is 300 g/mol. The molecule has 1 amide bonds. The number of nitrogens with zero attached hydrogens (tertiary/aromatic N) is 3. The van der Waals surface area contributed by atoms with Gasteiger partial charge in [0.2, 0.25) is 0 Å². The molecule has 5 nitrogen and oxygen atoms in total. The molecule has 0 fully saturated rings. The lowest BCUT2D eigenvalue weighted by Gasteiger charge is -2.07. The van der Waals surface area contributed by atoms with E-state index in [1.807, 2.05) is 31.2 Å². The van der Waals surface area contributed by atoms with Crippen LogP contribution in [0, 0.1) is 6.92 Å². The maximum Gasteiger partial charge on any atom is 0.275 e. The number of carbonyl (C=O) groups is 1. The zero-order valence-corrected chi connectivity index (χ0v) is 12.3. The van der Waals surface area contributed by atoms with Crippen LogP contribution in [0.15, 0.2) is 36.4 Å². The minimum atomic E-state index is -0.314. The van der Waals surface area contributed by atoms with Gasteiger partial charge in [-0.2, -0.15) is 5.10 Å². The molecule has 0 aliphatic rings. The quantitative estimate of drug-likeness (QED) is 0.790. The third kappa shape index (κ3) is 2.60. The molecule has 3 aromatic rings. The molecule has 0 aliphatic heterocycles. The van der Waals surface area contributed by atoms with Crippen molar-refractivity contribution in [2.24, 2.45) is 7.05 Å². The van der Waals surface area contributed by atoms with Gasteiger partial charge in [-0.25, -0.2) is 4.98 Å². The zero-order valence-electron chi connectivity index (χ0n) is 11.6. The van der Waals surface area contributed by atoms with Gasteiger partial charge in [-0.15, -0.1) is 0 Å². The summed E-state index contributed by atoms with van der Waals surface area (Å²) in [7, 11) is 1.77. The van der Waals surface area contributed by atoms with Gasteiger partial charge in [0, 0.05) is 18.5 Å². The Morgan fingerprint density at radius 1 is 1.29 bits per heavy atom. The predicted molar refractivity (Wildman–Crippen MR) is 82.7 cm³/mol. The lowest BCUT2D eigenvalue weighted by molar-refractivity contribution is 0.102. The number of para-hydroxylation sites is 1. The minimum absolute atomic E-state index is 0.276. The van der Waals surface area contributed by atoms with E-state index in [0.717, 1.165) is 11.1 Å². The number of nitrogens with one attached hydrogen (secondary N) is 1. The number of hydrogen-bond acceptors (Lipinski definition) is 3. The Morgan fingerprint density at radius 3 is 2.76 bits per heavy atom. The summed E-state index contributed by atoms with van der Waals surface area (Å²) in [6, 6.07) is 10.8. The smallest absolute Gasteiger partial charge is 0.275 e. The summed E-state index contributed by atoms with van der Waals surface area (Å²) in [4.78, 5) is 16.6. The Kier molecular flexibility index (Phi) is 3.35. The summed E-state index contributed by atoms with van der Waals surface area (Å²) in [5, 5.41) is 8.29. The number of halogens is 1. The van der Waals surface area contributed by atoms with Crippen molar-refractivity contribution in [3.8, 4) is 0 Å². The van der Waals surface area contributed by atoms with Crippen LogP contribution in [0.5, 0.6) is 0 Å². The fourth-order valence-electron chi connectivity index (χ4n) is 2.16. The third-order valence-corrected chi connectivity index (χ3v) is 3.45. The van der Waals surface area contributed by atoms with Crippen molar-refractivity contribution < 1.29 is 4.79 Å². The minimum Gasteiger partial charge on any atom is -0.305 e. The van der Waals surface area contributed by atoms with Gasteiger partial charge in [-0.3, -0.25) is 9.48 Å². The van der Waals surface area contributed by atoms with Crippen molar-refractivity contribution in [1.29, 1.82) is 0 Å². The number of aromatic nitrogens is 3. The number of benzene rings is 1. The standard InChI is InChI=1S/C15H13ClN4O/c1-9-7-14(20(2)19-9)18-15(21)13-8-11(16)10-5-3-4-6-12(10)17-13/h3-8H,1-2H3,(H,18,21). The second-order valence-electron chi connectivity index (χ2n) is 4.76. The molecule has 21 heavy (non-hydrogen) atoms. The molecule has 0 saturated heterocycles. The molecule has 0 spiro atoms. The molecule has 1 aromatic carbocycles. The molecule has 106 valence electrons. The first-order valence-electron chi connectivity index (χ1n) is 6.42. The van der Waals surface area contributed by atoms with E-state index < -0.39 is 0 Å². The van der Waals surface area contributed by atoms with Gasteiger partial charge in [0.1, 0.15) is 11.5 Å². The van der Waals surface area contributed by atoms with Gasteiger partial charge in [0.15, 0.2) is 0 Å². The van der Waals surface area contributed by atoms with E-state index in [1.165, 1.54) is 0 Å². The van der Waals surface area contributed by atoms with Gasteiger partial charge >= 0.3 is 0 Å². The summed E-state index contributed by atoms with van der Waals surface area (Å²) < 4.78 is 1.61. The second kappa shape index (κ2) is 5.18. The molecule has 2 heterocycles. The molecule has 0 aliphatic carbocycles. The number of aryl methyl sites for hydroxylation is 2. The molecule has 0 radical (unpaired) electrons. The average Bonchev–Trinajstić information content (AvgIpc) is 2.77. The molecule has 0 atom stereocenters. The molecule has 6 heteroatoms. The first-order chi connectivity index (χ1) is 10.0. The Labute approximate surface area is 126 Å². The highest BCUT2D eigenvalue weighted by molar-refractivity contribution is 6.35. The second-order valence-corrected chi connectivity index (χ2v) is 5.16. The molecular weight excluding hydrogens is 288 g/mol. The number of rotatable bonds is 2. The van der Waals surface area contributed by atoms with Crippen LogP contribution in [-0.2, 0) is 7.05 Å². The number of amides is 1. The first kappa shape index (κ1) is 13.6. The fraction of sp³-hybridized carbons (Fsp3) is 0.133. The van der Waals surface area contributed by atoms with Crippen molar-refractivity contribution in [3.63, 3.8) is 0 Å². The topological polar surface area (TPSA) is 59.8 Å². The van der Waals surface area contributed by atoms with E-state index in [1.54, 1.807) is 23.9 Å². The molecular formula is C15H13ClN4O. The molecule has 3 rings (SSSR count). The molecule has 1 N–H and O–H groups in total. The molecule has 2 aromatic heterocycles. The first-order valence-corrected chi connectivity index (χ1v) is 6.79. The van der Waals surface area contributed by atoms with Crippen LogP contribution < -0.4 is 5.32 Å². The Balaban J connectivity index is 1.96. The SMILES string of the molecule is Cc1cc(NC(=O)c2cc(Cl)c3ccccc3n2)n(C)n1. The van der Waals surface area contributed by atoms with Crippen LogP contribution in [0.2, 0.25) is 5.02 Å². The summed E-state index contributed by atoms with van der Waals surface area (Å²) in [5.41, 5.74) is 1.80. The van der Waals surface area contributed by atoms with Crippen LogP contribution in [0.25, 0.3) is 10.9 Å². The molecule has 0 bridgehead atoms. The van der Waals surface area contributed by atoms with Gasteiger partial charge in [-0.05, 0) is 19.1 Å². The van der Waals surface area contributed by atoms with Gasteiger partial charge in [0.05, 0.1) is 16.2 Å². The maximum atomic E-state index is 12.3. The largest absolute Gasteiger partial charge is 0.305 e. The van der Waals surface area contributed by atoms with E-state index in [4.69, 9.17) is 11.6 Å². The van der Waals surface area contributed by atoms with E-state index in [9.17, 15) is 4.79 Å². The third-order valence-electron chi connectivity index (χ3n) is 3.14. The van der Waals surface area contributed by atoms with Crippen molar-refractivity contribution in [2.45, 2.75) is 6.92 Å². The summed E-state index contributed by atoms with van der Waals surface area (Å²) in [5.74, 6) is 0.300. The van der Waals surface area contributed by atoms with E-state index in [0.29, 0.717) is 16.4 Å². The lowest BCUT2D eigenvalue weighted by atomic mass is 10.2. The highest BCUT2D eigenvalue weighted by Crippen LogP contribution is 2.23. The Bertz CT molecular complexity index is 841. The number of hydrogen-bond donors (Lipinski definition) is 1. The average molecular weight is 301 g/mol. The van der Waals surface area contributed by atoms with Crippen molar-refractivity contribution >= 4 is 34.2 Å². The number of pyridine rings is 1. The maximum absolute atomic E-state index is 12.3. The van der Waals surface area contributed by atoms with Crippen LogP contribution in [0.4, 0.5) is 5.82 Å².